The van der Waals surface area contributed by atoms with E-state index in [2.05, 4.69) is 59.5 Å². The Balaban J connectivity index is 1.97. The molecule has 1 saturated heterocycles. The van der Waals surface area contributed by atoms with Gasteiger partial charge in [0.1, 0.15) is 0 Å². The molecule has 1 nitrogen and oxygen atoms in total. The number of nitrogens with zero attached hydrogens (tertiary/aromatic N) is 1. The molecule has 20 heavy (non-hydrogen) atoms. The minimum absolute atomic E-state index is 1.20. The Bertz CT molecular complexity index is 724. The molecule has 3 aromatic rings. The fraction of sp³-hybridized carbons (Fsp3) is 0.222. The number of benzene rings is 2. The van der Waals surface area contributed by atoms with Gasteiger partial charge in [-0.1, -0.05) is 48.5 Å². The molecular formula is C18H17NS. The van der Waals surface area contributed by atoms with E-state index in [1.807, 2.05) is 11.3 Å². The lowest BCUT2D eigenvalue weighted by Crippen LogP contribution is -2.17. The Labute approximate surface area is 123 Å². The van der Waals surface area contributed by atoms with Crippen molar-refractivity contribution in [2.24, 2.45) is 0 Å². The van der Waals surface area contributed by atoms with Crippen molar-refractivity contribution in [2.75, 3.05) is 18.0 Å². The van der Waals surface area contributed by atoms with Crippen molar-refractivity contribution in [2.45, 2.75) is 12.8 Å². The van der Waals surface area contributed by atoms with Crippen LogP contribution >= 0.6 is 11.3 Å². The summed E-state index contributed by atoms with van der Waals surface area (Å²) < 4.78 is 1.40. The number of rotatable bonds is 2. The SMILES string of the molecule is c1ccc(-c2sc3ccccc3c2N2CCCC2)cc1. The first kappa shape index (κ1) is 12.0. The molecule has 100 valence electrons. The van der Waals surface area contributed by atoms with Gasteiger partial charge in [-0.15, -0.1) is 11.3 Å². The highest BCUT2D eigenvalue weighted by Crippen LogP contribution is 2.45. The van der Waals surface area contributed by atoms with Crippen LogP contribution in [0.4, 0.5) is 5.69 Å². The summed E-state index contributed by atoms with van der Waals surface area (Å²) in [4.78, 5) is 4.00. The van der Waals surface area contributed by atoms with Crippen molar-refractivity contribution in [1.29, 1.82) is 0 Å². The molecule has 2 heteroatoms. The molecule has 2 aromatic carbocycles. The fourth-order valence-electron chi connectivity index (χ4n) is 3.07. The number of thiophene rings is 1. The molecule has 1 fully saturated rings. The third kappa shape index (κ3) is 1.92. The summed E-state index contributed by atoms with van der Waals surface area (Å²) in [5.41, 5.74) is 2.80. The number of hydrogen-bond donors (Lipinski definition) is 0. The number of fused-ring (bicyclic) bond motifs is 1. The van der Waals surface area contributed by atoms with Gasteiger partial charge in [0.25, 0.3) is 0 Å². The molecule has 0 amide bonds. The van der Waals surface area contributed by atoms with Gasteiger partial charge in [-0.3, -0.25) is 0 Å². The van der Waals surface area contributed by atoms with Gasteiger partial charge in [0.15, 0.2) is 0 Å². The predicted molar refractivity (Wildman–Crippen MR) is 88.7 cm³/mol. The van der Waals surface area contributed by atoms with Crippen molar-refractivity contribution >= 4 is 27.1 Å². The van der Waals surface area contributed by atoms with E-state index in [9.17, 15) is 0 Å². The Morgan fingerprint density at radius 1 is 0.800 bits per heavy atom. The van der Waals surface area contributed by atoms with Crippen LogP contribution in [-0.4, -0.2) is 13.1 Å². The lowest BCUT2D eigenvalue weighted by atomic mass is 10.1. The highest BCUT2D eigenvalue weighted by Gasteiger charge is 2.21. The Morgan fingerprint density at radius 3 is 2.30 bits per heavy atom. The van der Waals surface area contributed by atoms with Gasteiger partial charge >= 0.3 is 0 Å². The van der Waals surface area contributed by atoms with Crippen LogP contribution in [0.1, 0.15) is 12.8 Å². The average Bonchev–Trinajstić information content (AvgIpc) is 3.14. The minimum Gasteiger partial charge on any atom is -0.370 e. The Kier molecular flexibility index (Phi) is 2.96. The van der Waals surface area contributed by atoms with Crippen LogP contribution in [0.25, 0.3) is 20.5 Å². The van der Waals surface area contributed by atoms with Crippen LogP contribution in [-0.2, 0) is 0 Å². The summed E-state index contributed by atoms with van der Waals surface area (Å²) in [6.07, 6.45) is 2.64. The predicted octanol–water partition coefficient (Wildman–Crippen LogP) is 5.17. The largest absolute Gasteiger partial charge is 0.370 e. The molecule has 4 rings (SSSR count). The molecule has 1 aliphatic rings. The first-order chi connectivity index (χ1) is 9.93. The average molecular weight is 279 g/mol. The zero-order valence-electron chi connectivity index (χ0n) is 11.4. The van der Waals surface area contributed by atoms with Gasteiger partial charge in [0.05, 0.1) is 10.6 Å². The number of hydrogen-bond acceptors (Lipinski definition) is 2. The molecule has 0 unspecified atom stereocenters. The standard InChI is InChI=1S/C18H17NS/c1-2-8-14(9-3-1)18-17(19-12-6-7-13-19)15-10-4-5-11-16(15)20-18/h1-5,8-11H,6-7,12-13H2. The van der Waals surface area contributed by atoms with Crippen LogP contribution in [0.2, 0.25) is 0 Å². The molecule has 0 saturated carbocycles. The van der Waals surface area contributed by atoms with Crippen molar-refractivity contribution in [1.82, 2.24) is 0 Å². The number of anilines is 1. The molecule has 2 heterocycles. The highest BCUT2D eigenvalue weighted by atomic mass is 32.1. The fourth-order valence-corrected chi connectivity index (χ4v) is 4.30. The van der Waals surface area contributed by atoms with Crippen LogP contribution in [0.15, 0.2) is 54.6 Å². The molecule has 0 aliphatic carbocycles. The summed E-state index contributed by atoms with van der Waals surface area (Å²) in [6.45, 7) is 2.39. The third-order valence-electron chi connectivity index (χ3n) is 4.03. The van der Waals surface area contributed by atoms with Crippen molar-refractivity contribution in [3.63, 3.8) is 0 Å². The Hall–Kier alpha value is -1.80. The molecule has 0 spiro atoms. The van der Waals surface area contributed by atoms with E-state index in [0.29, 0.717) is 0 Å². The van der Waals surface area contributed by atoms with Crippen LogP contribution in [0, 0.1) is 0 Å². The maximum absolute atomic E-state index is 2.57. The molecule has 0 atom stereocenters. The van der Waals surface area contributed by atoms with Crippen LogP contribution in [0.5, 0.6) is 0 Å². The van der Waals surface area contributed by atoms with E-state index in [0.717, 1.165) is 0 Å². The van der Waals surface area contributed by atoms with E-state index in [4.69, 9.17) is 0 Å². The second kappa shape index (κ2) is 4.95. The van der Waals surface area contributed by atoms with E-state index in [-0.39, 0.29) is 0 Å². The van der Waals surface area contributed by atoms with Gasteiger partial charge in [0.2, 0.25) is 0 Å². The van der Waals surface area contributed by atoms with Gasteiger partial charge in [-0.25, -0.2) is 0 Å². The summed E-state index contributed by atoms with van der Waals surface area (Å²) >= 11 is 1.92. The maximum atomic E-state index is 2.57. The maximum Gasteiger partial charge on any atom is 0.0635 e. The summed E-state index contributed by atoms with van der Waals surface area (Å²) in [5.74, 6) is 0. The quantitative estimate of drug-likeness (QED) is 0.625. The van der Waals surface area contributed by atoms with Gasteiger partial charge in [0, 0.05) is 23.2 Å². The second-order valence-electron chi connectivity index (χ2n) is 5.34. The van der Waals surface area contributed by atoms with Gasteiger partial charge in [-0.2, -0.15) is 0 Å². The normalized spacial score (nSPS) is 15.1. The van der Waals surface area contributed by atoms with E-state index < -0.39 is 0 Å². The molecule has 0 N–H and O–H groups in total. The summed E-state index contributed by atoms with van der Waals surface area (Å²) in [7, 11) is 0. The topological polar surface area (TPSA) is 3.24 Å². The monoisotopic (exact) mass is 279 g/mol. The molecular weight excluding hydrogens is 262 g/mol. The van der Waals surface area contributed by atoms with Crippen LogP contribution in [0.3, 0.4) is 0 Å². The van der Waals surface area contributed by atoms with Gasteiger partial charge in [-0.05, 0) is 24.5 Å². The first-order valence-electron chi connectivity index (χ1n) is 7.25. The zero-order valence-corrected chi connectivity index (χ0v) is 12.2. The minimum atomic E-state index is 1.20. The smallest absolute Gasteiger partial charge is 0.0635 e. The van der Waals surface area contributed by atoms with E-state index in [1.165, 1.54) is 52.1 Å². The highest BCUT2D eigenvalue weighted by molar-refractivity contribution is 7.23. The van der Waals surface area contributed by atoms with Crippen molar-refractivity contribution in [3.05, 3.63) is 54.6 Å². The molecule has 1 aliphatic heterocycles. The van der Waals surface area contributed by atoms with Crippen LogP contribution < -0.4 is 4.90 Å². The lowest BCUT2D eigenvalue weighted by molar-refractivity contribution is 0.949. The molecule has 1 aromatic heterocycles. The molecule has 0 radical (unpaired) electrons. The zero-order chi connectivity index (χ0) is 13.4. The summed E-state index contributed by atoms with van der Waals surface area (Å²) in [6, 6.07) is 19.6. The molecule has 0 bridgehead atoms. The third-order valence-corrected chi connectivity index (χ3v) is 5.24. The lowest BCUT2D eigenvalue weighted by Gasteiger charge is -2.19. The first-order valence-corrected chi connectivity index (χ1v) is 8.07. The van der Waals surface area contributed by atoms with Crippen molar-refractivity contribution in [3.8, 4) is 10.4 Å². The van der Waals surface area contributed by atoms with E-state index >= 15 is 0 Å². The van der Waals surface area contributed by atoms with Gasteiger partial charge < -0.3 is 4.90 Å². The Morgan fingerprint density at radius 2 is 1.50 bits per heavy atom. The summed E-state index contributed by atoms with van der Waals surface area (Å²) in [5, 5.41) is 1.42. The second-order valence-corrected chi connectivity index (χ2v) is 6.39. The van der Waals surface area contributed by atoms with E-state index in [1.54, 1.807) is 0 Å². The van der Waals surface area contributed by atoms with Crippen molar-refractivity contribution < 1.29 is 0 Å².